The van der Waals surface area contributed by atoms with Gasteiger partial charge < -0.3 is 5.32 Å². The van der Waals surface area contributed by atoms with Crippen LogP contribution in [0.5, 0.6) is 0 Å². The number of nitrogens with one attached hydrogen (secondary N) is 1. The van der Waals surface area contributed by atoms with E-state index in [0.29, 0.717) is 12.2 Å². The maximum absolute atomic E-state index is 10.7. The molecule has 0 unspecified atom stereocenters. The molecule has 0 amide bonds. The Hall–Kier alpha value is -1.37. The van der Waals surface area contributed by atoms with Gasteiger partial charge in [-0.05, 0) is 6.92 Å². The van der Waals surface area contributed by atoms with E-state index in [-0.39, 0.29) is 15.7 Å². The average Bonchev–Trinajstić information content (AvgIpc) is 2.78. The molecule has 1 heterocycles. The smallest absolute Gasteiger partial charge is 0.272 e. The van der Waals surface area contributed by atoms with E-state index in [1.807, 2.05) is 12.3 Å². The van der Waals surface area contributed by atoms with Gasteiger partial charge in [-0.25, -0.2) is 4.98 Å². The minimum Gasteiger partial charge on any atom is -0.382 e. The molecule has 1 aromatic heterocycles. The van der Waals surface area contributed by atoms with Crippen molar-refractivity contribution in [3.05, 3.63) is 48.4 Å². The highest BCUT2D eigenvalue weighted by molar-refractivity contribution is 7.09. The normalized spacial score (nSPS) is 10.6. The number of nitrogens with zero attached hydrogens (tertiary/aromatic N) is 2. The van der Waals surface area contributed by atoms with Crippen molar-refractivity contribution >= 4 is 45.9 Å². The topological polar surface area (TPSA) is 68.1 Å². The van der Waals surface area contributed by atoms with E-state index in [1.54, 1.807) is 11.3 Å². The fraction of sp³-hybridized carbons (Fsp3) is 0.250. The summed E-state index contributed by atoms with van der Waals surface area (Å²) in [5.74, 6) is 0. The van der Waals surface area contributed by atoms with Crippen LogP contribution in [-0.2, 0) is 6.42 Å². The Labute approximate surface area is 129 Å². The SMILES string of the molecule is Cc1nc(CCNc2c(Cl)cc([N+](=O)[O-])cc2Cl)cs1. The first-order chi connectivity index (χ1) is 9.47. The summed E-state index contributed by atoms with van der Waals surface area (Å²) < 4.78 is 0. The molecule has 1 aromatic carbocycles. The molecule has 5 nitrogen and oxygen atoms in total. The molecule has 0 aliphatic carbocycles. The molecule has 106 valence electrons. The van der Waals surface area contributed by atoms with Crippen molar-refractivity contribution in [2.45, 2.75) is 13.3 Å². The molecule has 0 radical (unpaired) electrons. The van der Waals surface area contributed by atoms with E-state index < -0.39 is 4.92 Å². The molecule has 0 spiro atoms. The van der Waals surface area contributed by atoms with E-state index in [1.165, 1.54) is 12.1 Å². The lowest BCUT2D eigenvalue weighted by Crippen LogP contribution is -2.06. The fourth-order valence-electron chi connectivity index (χ4n) is 1.67. The van der Waals surface area contributed by atoms with Crippen molar-refractivity contribution in [3.63, 3.8) is 0 Å². The zero-order valence-corrected chi connectivity index (χ0v) is 12.8. The molecule has 0 aliphatic rings. The van der Waals surface area contributed by atoms with E-state index in [2.05, 4.69) is 10.3 Å². The Morgan fingerprint density at radius 1 is 1.40 bits per heavy atom. The zero-order chi connectivity index (χ0) is 14.7. The quantitative estimate of drug-likeness (QED) is 0.654. The van der Waals surface area contributed by atoms with Gasteiger partial charge in [-0.2, -0.15) is 0 Å². The third kappa shape index (κ3) is 3.59. The van der Waals surface area contributed by atoms with Crippen molar-refractivity contribution in [1.29, 1.82) is 0 Å². The third-order valence-corrected chi connectivity index (χ3v) is 4.01. The number of halogens is 2. The van der Waals surface area contributed by atoms with Gasteiger partial charge in [0.05, 0.1) is 31.4 Å². The summed E-state index contributed by atoms with van der Waals surface area (Å²) in [5.41, 5.74) is 1.38. The van der Waals surface area contributed by atoms with Gasteiger partial charge in [0.2, 0.25) is 0 Å². The number of thiazole rings is 1. The van der Waals surface area contributed by atoms with Crippen LogP contribution in [0.4, 0.5) is 11.4 Å². The number of aryl methyl sites for hydroxylation is 1. The Kier molecular flexibility index (Phi) is 4.80. The Morgan fingerprint density at radius 2 is 2.05 bits per heavy atom. The van der Waals surface area contributed by atoms with Crippen LogP contribution >= 0.6 is 34.5 Å². The second-order valence-electron chi connectivity index (χ2n) is 4.08. The van der Waals surface area contributed by atoms with Gasteiger partial charge in [-0.1, -0.05) is 23.2 Å². The van der Waals surface area contributed by atoms with Gasteiger partial charge in [0.1, 0.15) is 0 Å². The van der Waals surface area contributed by atoms with Gasteiger partial charge in [-0.15, -0.1) is 11.3 Å². The maximum atomic E-state index is 10.7. The predicted molar refractivity (Wildman–Crippen MR) is 82.2 cm³/mol. The van der Waals surface area contributed by atoms with Gasteiger partial charge in [0, 0.05) is 30.5 Å². The van der Waals surface area contributed by atoms with Crippen molar-refractivity contribution < 1.29 is 4.92 Å². The van der Waals surface area contributed by atoms with Crippen molar-refractivity contribution in [3.8, 4) is 0 Å². The van der Waals surface area contributed by atoms with Crippen LogP contribution in [-0.4, -0.2) is 16.5 Å². The Morgan fingerprint density at radius 3 is 2.55 bits per heavy atom. The lowest BCUT2D eigenvalue weighted by Gasteiger charge is -2.09. The molecular weight excluding hydrogens is 321 g/mol. The number of rotatable bonds is 5. The van der Waals surface area contributed by atoms with Gasteiger partial charge in [0.15, 0.2) is 0 Å². The summed E-state index contributed by atoms with van der Waals surface area (Å²) in [6, 6.07) is 2.56. The van der Waals surface area contributed by atoms with E-state index in [4.69, 9.17) is 23.2 Å². The average molecular weight is 332 g/mol. The number of nitro benzene ring substituents is 1. The van der Waals surface area contributed by atoms with E-state index in [9.17, 15) is 10.1 Å². The number of aromatic nitrogens is 1. The highest BCUT2D eigenvalue weighted by Crippen LogP contribution is 2.34. The van der Waals surface area contributed by atoms with Crippen LogP contribution in [0.15, 0.2) is 17.5 Å². The van der Waals surface area contributed by atoms with E-state index >= 15 is 0 Å². The molecule has 20 heavy (non-hydrogen) atoms. The second-order valence-corrected chi connectivity index (χ2v) is 5.95. The van der Waals surface area contributed by atoms with Crippen LogP contribution < -0.4 is 5.32 Å². The summed E-state index contributed by atoms with van der Waals surface area (Å²) in [6.45, 7) is 2.55. The van der Waals surface area contributed by atoms with Crippen molar-refractivity contribution in [2.24, 2.45) is 0 Å². The molecular formula is C12H11Cl2N3O2S. The lowest BCUT2D eigenvalue weighted by atomic mass is 10.2. The lowest BCUT2D eigenvalue weighted by molar-refractivity contribution is -0.384. The molecule has 0 aliphatic heterocycles. The first kappa shape index (κ1) is 15.0. The molecule has 0 saturated carbocycles. The molecule has 1 N–H and O–H groups in total. The number of anilines is 1. The Bertz CT molecular complexity index is 622. The third-order valence-electron chi connectivity index (χ3n) is 2.59. The fourth-order valence-corrected chi connectivity index (χ4v) is 2.93. The van der Waals surface area contributed by atoms with Crippen molar-refractivity contribution in [2.75, 3.05) is 11.9 Å². The molecule has 0 bridgehead atoms. The van der Waals surface area contributed by atoms with Crippen LogP contribution in [0.3, 0.4) is 0 Å². The molecule has 0 atom stereocenters. The van der Waals surface area contributed by atoms with Gasteiger partial charge in [-0.3, -0.25) is 10.1 Å². The van der Waals surface area contributed by atoms with Crippen LogP contribution in [0.1, 0.15) is 10.7 Å². The van der Waals surface area contributed by atoms with Crippen LogP contribution in [0, 0.1) is 17.0 Å². The molecule has 0 saturated heterocycles. The first-order valence-corrected chi connectivity index (χ1v) is 7.39. The monoisotopic (exact) mass is 331 g/mol. The minimum atomic E-state index is -0.528. The van der Waals surface area contributed by atoms with Crippen LogP contribution in [0.2, 0.25) is 10.0 Å². The predicted octanol–water partition coefficient (Wildman–Crippen LogP) is 4.32. The summed E-state index contributed by atoms with van der Waals surface area (Å²) in [5, 5.41) is 17.2. The second kappa shape index (κ2) is 6.39. The van der Waals surface area contributed by atoms with E-state index in [0.717, 1.165) is 17.1 Å². The zero-order valence-electron chi connectivity index (χ0n) is 10.5. The number of hydrogen-bond acceptors (Lipinski definition) is 5. The van der Waals surface area contributed by atoms with Crippen molar-refractivity contribution in [1.82, 2.24) is 4.98 Å². The summed E-state index contributed by atoms with van der Waals surface area (Å²) in [6.07, 6.45) is 0.730. The number of nitro groups is 1. The van der Waals surface area contributed by atoms with Crippen LogP contribution in [0.25, 0.3) is 0 Å². The number of hydrogen-bond donors (Lipinski definition) is 1. The number of benzene rings is 1. The van der Waals surface area contributed by atoms with Gasteiger partial charge in [0.25, 0.3) is 5.69 Å². The summed E-state index contributed by atoms with van der Waals surface area (Å²) >= 11 is 13.6. The summed E-state index contributed by atoms with van der Waals surface area (Å²) in [7, 11) is 0. The maximum Gasteiger partial charge on any atom is 0.272 e. The Balaban J connectivity index is 2.04. The highest BCUT2D eigenvalue weighted by Gasteiger charge is 2.14. The minimum absolute atomic E-state index is 0.124. The standard InChI is InChI=1S/C12H11Cl2N3O2S/c1-7-16-8(6-20-7)2-3-15-12-10(13)4-9(17(18)19)5-11(12)14/h4-6,15H,2-3H2,1H3. The first-order valence-electron chi connectivity index (χ1n) is 5.75. The molecule has 2 rings (SSSR count). The molecule has 0 fully saturated rings. The van der Waals surface area contributed by atoms with Gasteiger partial charge >= 0.3 is 0 Å². The highest BCUT2D eigenvalue weighted by atomic mass is 35.5. The largest absolute Gasteiger partial charge is 0.382 e. The number of non-ortho nitro benzene ring substituents is 1. The molecule has 8 heteroatoms. The molecule has 2 aromatic rings. The summed E-state index contributed by atoms with van der Waals surface area (Å²) in [4.78, 5) is 14.5.